The maximum Gasteiger partial charge on any atom is 0.219 e. The lowest BCUT2D eigenvalue weighted by Gasteiger charge is -2.12. The summed E-state index contributed by atoms with van der Waals surface area (Å²) in [5.41, 5.74) is 8.25. The third-order valence-corrected chi connectivity index (χ3v) is 5.53. The first-order valence-electron chi connectivity index (χ1n) is 10.5. The average molecular weight is 401 g/mol. The monoisotopic (exact) mass is 400 g/mol. The second kappa shape index (κ2) is 8.37. The van der Waals surface area contributed by atoms with Crippen LogP contribution in [-0.4, -0.2) is 0 Å². The highest BCUT2D eigenvalue weighted by Gasteiger charge is 2.24. The predicted octanol–water partition coefficient (Wildman–Crippen LogP) is 5.79. The standard InChI is InChI=1S/C29H24N2/c1-30-19-17-23(18-20-30)26-21-28(24-11-5-2-6-12-24)31(27-15-9-4-10-16-27)29(22-26)25-13-7-3-8-14-25/h2-22H,1H3/q+2. The van der Waals surface area contributed by atoms with Crippen LogP contribution in [0.4, 0.5) is 0 Å². The first-order valence-corrected chi connectivity index (χ1v) is 10.5. The minimum atomic E-state index is 1.14. The van der Waals surface area contributed by atoms with Gasteiger partial charge >= 0.3 is 0 Å². The van der Waals surface area contributed by atoms with Crippen LogP contribution in [-0.2, 0) is 7.05 Å². The molecule has 0 bridgehead atoms. The largest absolute Gasteiger partial charge is 0.219 e. The lowest BCUT2D eigenvalue weighted by molar-refractivity contribution is -0.671. The molecule has 0 N–H and O–H groups in total. The van der Waals surface area contributed by atoms with E-state index in [9.17, 15) is 0 Å². The topological polar surface area (TPSA) is 7.76 Å². The lowest BCUT2D eigenvalue weighted by Crippen LogP contribution is -2.36. The van der Waals surface area contributed by atoms with Crippen molar-refractivity contribution in [2.45, 2.75) is 0 Å². The SMILES string of the molecule is C[n+]1ccc(-c2cc(-c3ccccc3)[n+](-c3ccccc3)c(-c3ccccc3)c2)cc1. The van der Waals surface area contributed by atoms with Gasteiger partial charge in [-0.2, -0.15) is 4.57 Å². The number of para-hydroxylation sites is 1. The van der Waals surface area contributed by atoms with Crippen LogP contribution in [0.25, 0.3) is 39.3 Å². The van der Waals surface area contributed by atoms with E-state index < -0.39 is 0 Å². The van der Waals surface area contributed by atoms with Gasteiger partial charge in [-0.15, -0.1) is 0 Å². The van der Waals surface area contributed by atoms with E-state index in [0.29, 0.717) is 0 Å². The second-order valence-corrected chi connectivity index (χ2v) is 7.67. The lowest BCUT2D eigenvalue weighted by atomic mass is 9.99. The summed E-state index contributed by atoms with van der Waals surface area (Å²) in [5, 5.41) is 0. The quantitative estimate of drug-likeness (QED) is 0.337. The predicted molar refractivity (Wildman–Crippen MR) is 125 cm³/mol. The number of hydrogen-bond acceptors (Lipinski definition) is 0. The molecule has 0 aliphatic heterocycles. The van der Waals surface area contributed by atoms with E-state index in [2.05, 4.69) is 137 Å². The van der Waals surface area contributed by atoms with Gasteiger partial charge in [0.15, 0.2) is 12.4 Å². The fourth-order valence-electron chi connectivity index (χ4n) is 3.95. The molecule has 2 nitrogen and oxygen atoms in total. The van der Waals surface area contributed by atoms with Gasteiger partial charge < -0.3 is 0 Å². The molecule has 5 rings (SSSR count). The Morgan fingerprint density at radius 2 is 0.903 bits per heavy atom. The number of pyridine rings is 2. The summed E-state index contributed by atoms with van der Waals surface area (Å²) in [4.78, 5) is 0. The second-order valence-electron chi connectivity index (χ2n) is 7.67. The summed E-state index contributed by atoms with van der Waals surface area (Å²) in [6.45, 7) is 0. The molecular formula is C29H24N2+2. The zero-order valence-electron chi connectivity index (χ0n) is 17.5. The average Bonchev–Trinajstić information content (AvgIpc) is 2.85. The zero-order chi connectivity index (χ0) is 21.0. The molecule has 0 radical (unpaired) electrons. The van der Waals surface area contributed by atoms with Crippen LogP contribution in [0.5, 0.6) is 0 Å². The van der Waals surface area contributed by atoms with E-state index in [1.165, 1.54) is 22.3 Å². The van der Waals surface area contributed by atoms with E-state index >= 15 is 0 Å². The van der Waals surface area contributed by atoms with Crippen molar-refractivity contribution in [2.24, 2.45) is 7.05 Å². The Morgan fingerprint density at radius 3 is 1.39 bits per heavy atom. The minimum Gasteiger partial charge on any atom is -0.208 e. The van der Waals surface area contributed by atoms with Crippen LogP contribution in [0.2, 0.25) is 0 Å². The summed E-state index contributed by atoms with van der Waals surface area (Å²) in [5.74, 6) is 0. The normalized spacial score (nSPS) is 10.7. The van der Waals surface area contributed by atoms with Crippen LogP contribution in [0.1, 0.15) is 0 Å². The van der Waals surface area contributed by atoms with Crippen molar-refractivity contribution in [3.8, 4) is 39.3 Å². The van der Waals surface area contributed by atoms with Crippen LogP contribution in [0.3, 0.4) is 0 Å². The number of rotatable bonds is 4. The Balaban J connectivity index is 1.86. The van der Waals surface area contributed by atoms with Gasteiger partial charge in [0, 0.05) is 47.5 Å². The van der Waals surface area contributed by atoms with Crippen molar-refractivity contribution in [1.29, 1.82) is 0 Å². The molecule has 0 atom stereocenters. The van der Waals surface area contributed by atoms with Gasteiger partial charge in [-0.25, -0.2) is 4.57 Å². The van der Waals surface area contributed by atoms with Crippen LogP contribution >= 0.6 is 0 Å². The van der Waals surface area contributed by atoms with Crippen molar-refractivity contribution in [2.75, 3.05) is 0 Å². The third kappa shape index (κ3) is 3.88. The number of nitrogens with zero attached hydrogens (tertiary/aromatic N) is 2. The first-order chi connectivity index (χ1) is 15.3. The Morgan fingerprint density at radius 1 is 0.452 bits per heavy atom. The molecule has 5 aromatic rings. The van der Waals surface area contributed by atoms with Gasteiger partial charge in [0.25, 0.3) is 0 Å². The van der Waals surface area contributed by atoms with Crippen molar-refractivity contribution < 1.29 is 9.13 Å². The van der Waals surface area contributed by atoms with Gasteiger partial charge in [0.2, 0.25) is 17.1 Å². The van der Waals surface area contributed by atoms with Gasteiger partial charge in [-0.3, -0.25) is 0 Å². The molecule has 2 heterocycles. The molecule has 0 unspecified atom stereocenters. The molecule has 0 saturated heterocycles. The molecule has 0 amide bonds. The van der Waals surface area contributed by atoms with Gasteiger partial charge in [-0.05, 0) is 35.4 Å². The maximum atomic E-state index is 2.36. The van der Waals surface area contributed by atoms with Crippen molar-refractivity contribution in [3.63, 3.8) is 0 Å². The highest BCUT2D eigenvalue weighted by atomic mass is 15.0. The number of benzene rings is 3. The van der Waals surface area contributed by atoms with E-state index in [1.54, 1.807) is 0 Å². The van der Waals surface area contributed by atoms with Crippen molar-refractivity contribution >= 4 is 0 Å². The Kier molecular flexibility index (Phi) is 5.12. The minimum absolute atomic E-state index is 1.14. The Labute approximate surface area is 183 Å². The maximum absolute atomic E-state index is 2.36. The molecule has 148 valence electrons. The van der Waals surface area contributed by atoms with E-state index in [4.69, 9.17) is 0 Å². The van der Waals surface area contributed by atoms with Crippen molar-refractivity contribution in [3.05, 3.63) is 128 Å². The summed E-state index contributed by atoms with van der Waals surface area (Å²) < 4.78 is 4.42. The highest BCUT2D eigenvalue weighted by Crippen LogP contribution is 2.30. The summed E-state index contributed by atoms with van der Waals surface area (Å²) >= 11 is 0. The van der Waals surface area contributed by atoms with Crippen LogP contribution in [0, 0.1) is 0 Å². The first kappa shape index (κ1) is 19.0. The molecular weight excluding hydrogens is 376 g/mol. The van der Waals surface area contributed by atoms with Gasteiger partial charge in [-0.1, -0.05) is 54.6 Å². The number of aromatic nitrogens is 2. The summed E-state index contributed by atoms with van der Waals surface area (Å²) in [7, 11) is 2.04. The Bertz CT molecular complexity index is 1230. The van der Waals surface area contributed by atoms with E-state index in [-0.39, 0.29) is 0 Å². The molecule has 2 heteroatoms. The molecule has 0 fully saturated rings. The van der Waals surface area contributed by atoms with Crippen LogP contribution in [0.15, 0.2) is 128 Å². The molecule has 31 heavy (non-hydrogen) atoms. The number of hydrogen-bond donors (Lipinski definition) is 0. The number of aryl methyl sites for hydroxylation is 1. The van der Waals surface area contributed by atoms with Gasteiger partial charge in [0.05, 0.1) is 0 Å². The van der Waals surface area contributed by atoms with Crippen LogP contribution < -0.4 is 9.13 Å². The molecule has 0 saturated carbocycles. The van der Waals surface area contributed by atoms with Gasteiger partial charge in [0.1, 0.15) is 7.05 Å². The molecule has 0 spiro atoms. The Hall–Kier alpha value is -4.04. The van der Waals surface area contributed by atoms with E-state index in [0.717, 1.165) is 17.1 Å². The molecule has 0 aliphatic carbocycles. The highest BCUT2D eigenvalue weighted by molar-refractivity contribution is 5.74. The molecule has 0 aliphatic rings. The molecule has 3 aromatic carbocycles. The van der Waals surface area contributed by atoms with Crippen molar-refractivity contribution in [1.82, 2.24) is 0 Å². The zero-order valence-corrected chi connectivity index (χ0v) is 17.5. The summed E-state index contributed by atoms with van der Waals surface area (Å²) in [6, 6.07) is 40.8. The molecule has 2 aromatic heterocycles. The van der Waals surface area contributed by atoms with E-state index in [1.807, 2.05) is 7.05 Å². The third-order valence-electron chi connectivity index (χ3n) is 5.53. The fraction of sp³-hybridized carbons (Fsp3) is 0.0345. The smallest absolute Gasteiger partial charge is 0.208 e. The summed E-state index contributed by atoms with van der Waals surface area (Å²) in [6.07, 6.45) is 4.19. The fourth-order valence-corrected chi connectivity index (χ4v) is 3.95.